The Morgan fingerprint density at radius 2 is 1.88 bits per heavy atom. The highest BCUT2D eigenvalue weighted by Crippen LogP contribution is 2.27. The van der Waals surface area contributed by atoms with Crippen molar-refractivity contribution >= 4 is 27.8 Å². The molecule has 0 fully saturated rings. The normalized spacial score (nSPS) is 13.0. The lowest BCUT2D eigenvalue weighted by Gasteiger charge is -2.18. The number of benzene rings is 2. The summed E-state index contributed by atoms with van der Waals surface area (Å²) >= 11 is 0. The lowest BCUT2D eigenvalue weighted by Crippen LogP contribution is -2.33. The maximum Gasteiger partial charge on any atom is 0.404 e. The Balaban J connectivity index is 1.67. The third-order valence-corrected chi connectivity index (χ3v) is 5.69. The molecule has 0 radical (unpaired) electrons. The van der Waals surface area contributed by atoms with E-state index in [0.717, 1.165) is 21.9 Å². The minimum atomic E-state index is -1.02. The molecule has 170 valence electrons. The van der Waals surface area contributed by atoms with E-state index in [4.69, 9.17) is 9.84 Å². The van der Waals surface area contributed by atoms with E-state index in [1.54, 1.807) is 17.0 Å². The van der Waals surface area contributed by atoms with Crippen molar-refractivity contribution in [1.82, 2.24) is 14.9 Å². The molecule has 0 spiro atoms. The molecule has 7 nitrogen and oxygen atoms in total. The molecule has 4 rings (SSSR count). The van der Waals surface area contributed by atoms with Crippen LogP contribution in [0.5, 0.6) is 5.75 Å². The number of amides is 1. The molecule has 4 aromatic rings. The first-order valence-electron chi connectivity index (χ1n) is 11.0. The van der Waals surface area contributed by atoms with Crippen LogP contribution in [0.15, 0.2) is 71.8 Å². The molecule has 2 heterocycles. The van der Waals surface area contributed by atoms with Gasteiger partial charge in [-0.3, -0.25) is 9.78 Å². The van der Waals surface area contributed by atoms with Crippen molar-refractivity contribution < 1.29 is 14.6 Å². The maximum absolute atomic E-state index is 13.4. The van der Waals surface area contributed by atoms with Crippen molar-refractivity contribution in [3.63, 3.8) is 0 Å². The quantitative estimate of drug-likeness (QED) is 0.385. The Morgan fingerprint density at radius 1 is 1.09 bits per heavy atom. The van der Waals surface area contributed by atoms with Crippen molar-refractivity contribution in [1.29, 1.82) is 0 Å². The van der Waals surface area contributed by atoms with E-state index in [9.17, 15) is 9.59 Å². The van der Waals surface area contributed by atoms with Gasteiger partial charge in [-0.2, -0.15) is 0 Å². The number of ether oxygens (including phenoxy) is 1. The molecule has 1 amide bonds. The summed E-state index contributed by atoms with van der Waals surface area (Å²) in [4.78, 5) is 28.3. The molecule has 0 aliphatic heterocycles. The van der Waals surface area contributed by atoms with Crippen molar-refractivity contribution in [2.24, 2.45) is 5.92 Å². The van der Waals surface area contributed by atoms with Gasteiger partial charge in [0.2, 0.25) is 0 Å². The number of hydrogen-bond acceptors (Lipinski definition) is 4. The Labute approximate surface area is 191 Å². The zero-order valence-electron chi connectivity index (χ0n) is 18.7. The van der Waals surface area contributed by atoms with Gasteiger partial charge < -0.3 is 19.7 Å². The third kappa shape index (κ3) is 5.14. The fraction of sp³-hybridized carbons (Fsp3) is 0.269. The van der Waals surface area contributed by atoms with E-state index in [1.807, 2.05) is 68.4 Å². The first-order valence-corrected chi connectivity index (χ1v) is 11.0. The highest BCUT2D eigenvalue weighted by molar-refractivity contribution is 6.05. The molecule has 2 aromatic heterocycles. The van der Waals surface area contributed by atoms with Gasteiger partial charge >= 0.3 is 6.09 Å². The van der Waals surface area contributed by atoms with Gasteiger partial charge in [0, 0.05) is 29.9 Å². The highest BCUT2D eigenvalue weighted by Gasteiger charge is 2.14. The molecule has 2 unspecified atom stereocenters. The number of aromatic nitrogens is 2. The SMILES string of the molecule is CC(COc1ccc2c3ccncc3c(=O)n(Cc3ccccc3)c2c1)CC(C)NC(=O)O. The second-order valence-corrected chi connectivity index (χ2v) is 8.48. The number of carboxylic acid groups (broad SMARTS) is 1. The summed E-state index contributed by atoms with van der Waals surface area (Å²) in [6.45, 7) is 4.74. The molecule has 2 N–H and O–H groups in total. The van der Waals surface area contributed by atoms with Gasteiger partial charge in [-0.15, -0.1) is 0 Å². The van der Waals surface area contributed by atoms with E-state index in [1.165, 1.54) is 0 Å². The molecule has 33 heavy (non-hydrogen) atoms. The van der Waals surface area contributed by atoms with E-state index in [2.05, 4.69) is 10.3 Å². The van der Waals surface area contributed by atoms with Crippen LogP contribution in [0.25, 0.3) is 21.7 Å². The van der Waals surface area contributed by atoms with Crippen LogP contribution < -0.4 is 15.6 Å². The van der Waals surface area contributed by atoms with Gasteiger partial charge in [-0.25, -0.2) is 4.79 Å². The second-order valence-electron chi connectivity index (χ2n) is 8.48. The standard InChI is InChI=1S/C26H27N3O4/c1-17(12-18(2)28-26(31)32)16-33-20-8-9-22-21-10-11-27-14-23(21)25(30)29(24(22)13-20)15-19-6-4-3-5-7-19/h3-11,13-14,17-18,28H,12,15-16H2,1-2H3,(H,31,32). The smallest absolute Gasteiger partial charge is 0.404 e. The summed E-state index contributed by atoms with van der Waals surface area (Å²) in [6, 6.07) is 17.4. The summed E-state index contributed by atoms with van der Waals surface area (Å²) in [5, 5.41) is 13.7. The average Bonchev–Trinajstić information content (AvgIpc) is 2.80. The van der Waals surface area contributed by atoms with Crippen LogP contribution in [0.3, 0.4) is 0 Å². The van der Waals surface area contributed by atoms with Crippen molar-refractivity contribution in [2.75, 3.05) is 6.61 Å². The summed E-state index contributed by atoms with van der Waals surface area (Å²) < 4.78 is 7.80. The predicted molar refractivity (Wildman–Crippen MR) is 129 cm³/mol. The molecule has 0 aliphatic rings. The molecule has 0 saturated heterocycles. The van der Waals surface area contributed by atoms with E-state index < -0.39 is 6.09 Å². The highest BCUT2D eigenvalue weighted by atomic mass is 16.5. The van der Waals surface area contributed by atoms with Crippen LogP contribution in [0.4, 0.5) is 4.79 Å². The number of carbonyl (C=O) groups is 1. The lowest BCUT2D eigenvalue weighted by molar-refractivity contribution is 0.185. The van der Waals surface area contributed by atoms with E-state index in [-0.39, 0.29) is 17.5 Å². The monoisotopic (exact) mass is 445 g/mol. The van der Waals surface area contributed by atoms with Gasteiger partial charge in [0.1, 0.15) is 5.75 Å². The Hall–Kier alpha value is -3.87. The zero-order chi connectivity index (χ0) is 23.4. The molecule has 7 heteroatoms. The summed E-state index contributed by atoms with van der Waals surface area (Å²) in [5.74, 6) is 0.819. The summed E-state index contributed by atoms with van der Waals surface area (Å²) in [7, 11) is 0. The van der Waals surface area contributed by atoms with Gasteiger partial charge in [0.05, 0.1) is 24.1 Å². The van der Waals surface area contributed by atoms with E-state index in [0.29, 0.717) is 30.7 Å². The molecule has 0 saturated carbocycles. The van der Waals surface area contributed by atoms with Crippen LogP contribution in [-0.2, 0) is 6.54 Å². The van der Waals surface area contributed by atoms with Gasteiger partial charge in [0.15, 0.2) is 0 Å². The minimum Gasteiger partial charge on any atom is -0.493 e. The maximum atomic E-state index is 13.4. The van der Waals surface area contributed by atoms with Gasteiger partial charge in [-0.1, -0.05) is 37.3 Å². The summed E-state index contributed by atoms with van der Waals surface area (Å²) in [5.41, 5.74) is 1.74. The number of fused-ring (bicyclic) bond motifs is 3. The molecular weight excluding hydrogens is 418 g/mol. The van der Waals surface area contributed by atoms with Crippen LogP contribution in [0.2, 0.25) is 0 Å². The Bertz CT molecular complexity index is 1330. The summed E-state index contributed by atoms with van der Waals surface area (Å²) in [6.07, 6.45) is 2.96. The van der Waals surface area contributed by atoms with Crippen LogP contribution >= 0.6 is 0 Å². The molecule has 0 aliphatic carbocycles. The second kappa shape index (κ2) is 9.73. The molecular formula is C26H27N3O4. The van der Waals surface area contributed by atoms with Crippen molar-refractivity contribution in [2.45, 2.75) is 32.9 Å². The van der Waals surface area contributed by atoms with Crippen LogP contribution in [0.1, 0.15) is 25.8 Å². The average molecular weight is 446 g/mol. The van der Waals surface area contributed by atoms with Gasteiger partial charge in [0.25, 0.3) is 5.56 Å². The van der Waals surface area contributed by atoms with E-state index >= 15 is 0 Å². The lowest BCUT2D eigenvalue weighted by atomic mass is 10.0. The van der Waals surface area contributed by atoms with Crippen LogP contribution in [-0.4, -0.2) is 33.4 Å². The number of rotatable bonds is 8. The first-order chi connectivity index (χ1) is 15.9. The number of nitrogens with one attached hydrogen (secondary N) is 1. The zero-order valence-corrected chi connectivity index (χ0v) is 18.7. The van der Waals surface area contributed by atoms with Crippen molar-refractivity contribution in [3.05, 3.63) is 82.9 Å². The number of pyridine rings is 2. The van der Waals surface area contributed by atoms with Crippen molar-refractivity contribution in [3.8, 4) is 5.75 Å². The van der Waals surface area contributed by atoms with Gasteiger partial charge in [-0.05, 0) is 48.4 Å². The Morgan fingerprint density at radius 3 is 2.64 bits per heavy atom. The molecule has 2 aromatic carbocycles. The topological polar surface area (TPSA) is 93.5 Å². The molecule has 0 bridgehead atoms. The van der Waals surface area contributed by atoms with Crippen LogP contribution in [0, 0.1) is 5.92 Å². The fourth-order valence-electron chi connectivity index (χ4n) is 4.21. The fourth-order valence-corrected chi connectivity index (χ4v) is 4.21. The largest absolute Gasteiger partial charge is 0.493 e. The number of hydrogen-bond donors (Lipinski definition) is 2. The number of nitrogens with zero attached hydrogens (tertiary/aromatic N) is 2. The Kier molecular flexibility index (Phi) is 6.58. The third-order valence-electron chi connectivity index (χ3n) is 5.69. The molecule has 2 atom stereocenters. The first kappa shape index (κ1) is 22.3. The predicted octanol–water partition coefficient (Wildman–Crippen LogP) is 4.66. The minimum absolute atomic E-state index is 0.0893.